The molecular weight excluding hydrogens is 272 g/mol. The zero-order valence-corrected chi connectivity index (χ0v) is 12.1. The van der Waals surface area contributed by atoms with E-state index in [2.05, 4.69) is 27.2 Å². The van der Waals surface area contributed by atoms with Gasteiger partial charge in [-0.25, -0.2) is 4.98 Å². The zero-order valence-electron chi connectivity index (χ0n) is 11.4. The fraction of sp³-hybridized carbons (Fsp3) is 0.200. The minimum atomic E-state index is 0.600. The molecule has 0 atom stereocenters. The van der Waals surface area contributed by atoms with Crippen LogP contribution in [0.25, 0.3) is 0 Å². The summed E-state index contributed by atoms with van der Waals surface area (Å²) in [5.41, 5.74) is 2.05. The first-order chi connectivity index (χ1) is 9.67. The van der Waals surface area contributed by atoms with Gasteiger partial charge in [0.1, 0.15) is 5.82 Å². The number of hydrogen-bond acceptors (Lipinski definition) is 4. The van der Waals surface area contributed by atoms with E-state index in [4.69, 9.17) is 11.6 Å². The van der Waals surface area contributed by atoms with E-state index in [9.17, 15) is 0 Å². The minimum absolute atomic E-state index is 0.600. The Bertz CT molecular complexity index is 581. The predicted octanol–water partition coefficient (Wildman–Crippen LogP) is 3.65. The summed E-state index contributed by atoms with van der Waals surface area (Å²) in [5.74, 6) is 1.39. The molecule has 5 heteroatoms. The van der Waals surface area contributed by atoms with E-state index in [1.54, 1.807) is 6.08 Å². The maximum atomic E-state index is 5.86. The third kappa shape index (κ3) is 4.24. The number of aryl methyl sites for hydroxylation is 1. The van der Waals surface area contributed by atoms with Gasteiger partial charge >= 0.3 is 0 Å². The van der Waals surface area contributed by atoms with Gasteiger partial charge < -0.3 is 10.6 Å². The molecule has 2 N–H and O–H groups in total. The van der Waals surface area contributed by atoms with Gasteiger partial charge in [0.25, 0.3) is 0 Å². The summed E-state index contributed by atoms with van der Waals surface area (Å²) in [7, 11) is 0. The molecule has 0 radical (unpaired) electrons. The van der Waals surface area contributed by atoms with Gasteiger partial charge in [-0.2, -0.15) is 4.98 Å². The SMILES string of the molecule is C=CCNc1nc(C)cc(NCc2ccc(Cl)cc2)n1. The lowest BCUT2D eigenvalue weighted by Crippen LogP contribution is -2.07. The summed E-state index contributed by atoms with van der Waals surface area (Å²) in [5, 5.41) is 7.10. The summed E-state index contributed by atoms with van der Waals surface area (Å²) >= 11 is 5.86. The number of aromatic nitrogens is 2. The van der Waals surface area contributed by atoms with Gasteiger partial charge in [-0.15, -0.1) is 6.58 Å². The standard InChI is InChI=1S/C15H17ClN4/c1-3-8-17-15-19-11(2)9-14(20-15)18-10-12-4-6-13(16)7-5-12/h3-7,9H,1,8,10H2,2H3,(H2,17,18,19,20). The zero-order chi connectivity index (χ0) is 14.4. The monoisotopic (exact) mass is 288 g/mol. The fourth-order valence-corrected chi connectivity index (χ4v) is 1.82. The van der Waals surface area contributed by atoms with Gasteiger partial charge in [-0.05, 0) is 24.6 Å². The van der Waals surface area contributed by atoms with Crippen molar-refractivity contribution in [2.24, 2.45) is 0 Å². The first-order valence-corrected chi connectivity index (χ1v) is 6.74. The van der Waals surface area contributed by atoms with Crippen molar-refractivity contribution >= 4 is 23.4 Å². The molecule has 0 fully saturated rings. The average molecular weight is 289 g/mol. The van der Waals surface area contributed by atoms with Crippen LogP contribution < -0.4 is 10.6 Å². The molecule has 1 heterocycles. The van der Waals surface area contributed by atoms with Crippen molar-refractivity contribution in [2.45, 2.75) is 13.5 Å². The average Bonchev–Trinajstić information content (AvgIpc) is 2.44. The second kappa shape index (κ2) is 6.91. The number of halogens is 1. The largest absolute Gasteiger partial charge is 0.366 e. The Morgan fingerprint density at radius 1 is 1.20 bits per heavy atom. The van der Waals surface area contributed by atoms with Gasteiger partial charge in [-0.1, -0.05) is 29.8 Å². The molecule has 0 amide bonds. The molecule has 0 bridgehead atoms. The van der Waals surface area contributed by atoms with E-state index in [0.29, 0.717) is 19.0 Å². The van der Waals surface area contributed by atoms with Crippen molar-refractivity contribution in [1.82, 2.24) is 9.97 Å². The molecular formula is C15H17ClN4. The summed E-state index contributed by atoms with van der Waals surface area (Å²) in [6.45, 7) is 6.93. The number of anilines is 2. The molecule has 104 valence electrons. The second-order valence-electron chi connectivity index (χ2n) is 4.37. The van der Waals surface area contributed by atoms with Crippen LogP contribution in [0.5, 0.6) is 0 Å². The maximum absolute atomic E-state index is 5.86. The van der Waals surface area contributed by atoms with Crippen LogP contribution in [0.3, 0.4) is 0 Å². The van der Waals surface area contributed by atoms with E-state index in [1.165, 1.54) is 0 Å². The molecule has 0 spiro atoms. The van der Waals surface area contributed by atoms with E-state index >= 15 is 0 Å². The number of hydrogen-bond donors (Lipinski definition) is 2. The van der Waals surface area contributed by atoms with Gasteiger partial charge in [0.05, 0.1) is 0 Å². The van der Waals surface area contributed by atoms with Crippen LogP contribution in [0, 0.1) is 6.92 Å². The third-order valence-electron chi connectivity index (χ3n) is 2.65. The topological polar surface area (TPSA) is 49.8 Å². The van der Waals surface area contributed by atoms with Gasteiger partial charge in [0, 0.05) is 29.9 Å². The van der Waals surface area contributed by atoms with Crippen LogP contribution in [0.1, 0.15) is 11.3 Å². The van der Waals surface area contributed by atoms with Gasteiger partial charge in [0.2, 0.25) is 5.95 Å². The lowest BCUT2D eigenvalue weighted by atomic mass is 10.2. The molecule has 0 unspecified atom stereocenters. The van der Waals surface area contributed by atoms with Crippen molar-refractivity contribution in [3.63, 3.8) is 0 Å². The molecule has 20 heavy (non-hydrogen) atoms. The third-order valence-corrected chi connectivity index (χ3v) is 2.90. The van der Waals surface area contributed by atoms with Crippen LogP contribution in [0.15, 0.2) is 43.0 Å². The highest BCUT2D eigenvalue weighted by Gasteiger charge is 2.01. The highest BCUT2D eigenvalue weighted by Crippen LogP contribution is 2.13. The first kappa shape index (κ1) is 14.3. The molecule has 0 saturated carbocycles. The van der Waals surface area contributed by atoms with E-state index in [-0.39, 0.29) is 0 Å². The van der Waals surface area contributed by atoms with Crippen molar-refractivity contribution in [1.29, 1.82) is 0 Å². The Kier molecular flexibility index (Phi) is 4.96. The minimum Gasteiger partial charge on any atom is -0.366 e. The van der Waals surface area contributed by atoms with Crippen molar-refractivity contribution < 1.29 is 0 Å². The molecule has 1 aromatic heterocycles. The Balaban J connectivity index is 2.03. The summed E-state index contributed by atoms with van der Waals surface area (Å²) < 4.78 is 0. The van der Waals surface area contributed by atoms with Crippen LogP contribution >= 0.6 is 11.6 Å². The van der Waals surface area contributed by atoms with Crippen molar-refractivity contribution in [3.05, 3.63) is 59.3 Å². The molecule has 2 aromatic rings. The highest BCUT2D eigenvalue weighted by atomic mass is 35.5. The molecule has 0 aliphatic rings. The first-order valence-electron chi connectivity index (χ1n) is 6.36. The molecule has 0 saturated heterocycles. The predicted molar refractivity (Wildman–Crippen MR) is 84.2 cm³/mol. The number of nitrogens with one attached hydrogen (secondary N) is 2. The Labute approximate surface area is 123 Å². The van der Waals surface area contributed by atoms with E-state index in [0.717, 1.165) is 22.1 Å². The smallest absolute Gasteiger partial charge is 0.225 e. The Morgan fingerprint density at radius 3 is 2.65 bits per heavy atom. The number of rotatable bonds is 6. The van der Waals surface area contributed by atoms with Crippen LogP contribution in [-0.2, 0) is 6.54 Å². The molecule has 2 rings (SSSR count). The molecule has 1 aromatic carbocycles. The van der Waals surface area contributed by atoms with Crippen molar-refractivity contribution in [3.8, 4) is 0 Å². The second-order valence-corrected chi connectivity index (χ2v) is 4.80. The lowest BCUT2D eigenvalue weighted by molar-refractivity contribution is 1.04. The Hall–Kier alpha value is -2.07. The number of benzene rings is 1. The summed E-state index contributed by atoms with van der Waals surface area (Å²) in [6, 6.07) is 9.64. The molecule has 0 aliphatic heterocycles. The van der Waals surface area contributed by atoms with Gasteiger partial charge in [-0.3, -0.25) is 0 Å². The molecule has 4 nitrogen and oxygen atoms in total. The normalized spacial score (nSPS) is 10.1. The lowest BCUT2D eigenvalue weighted by Gasteiger charge is -2.09. The number of nitrogens with zero attached hydrogens (tertiary/aromatic N) is 2. The van der Waals surface area contributed by atoms with E-state index in [1.807, 2.05) is 37.3 Å². The molecule has 0 aliphatic carbocycles. The van der Waals surface area contributed by atoms with Crippen molar-refractivity contribution in [2.75, 3.05) is 17.2 Å². The quantitative estimate of drug-likeness (QED) is 0.797. The highest BCUT2D eigenvalue weighted by molar-refractivity contribution is 6.30. The van der Waals surface area contributed by atoms with Gasteiger partial charge in [0.15, 0.2) is 0 Å². The maximum Gasteiger partial charge on any atom is 0.225 e. The van der Waals surface area contributed by atoms with Crippen LogP contribution in [0.2, 0.25) is 5.02 Å². The van der Waals surface area contributed by atoms with E-state index < -0.39 is 0 Å². The summed E-state index contributed by atoms with van der Waals surface area (Å²) in [4.78, 5) is 8.71. The fourth-order valence-electron chi connectivity index (χ4n) is 1.70. The van der Waals surface area contributed by atoms with Crippen LogP contribution in [0.4, 0.5) is 11.8 Å². The van der Waals surface area contributed by atoms with Crippen LogP contribution in [-0.4, -0.2) is 16.5 Å². The Morgan fingerprint density at radius 2 is 1.95 bits per heavy atom. The summed E-state index contributed by atoms with van der Waals surface area (Å²) in [6.07, 6.45) is 1.77.